The summed E-state index contributed by atoms with van der Waals surface area (Å²) in [6.07, 6.45) is 7.70. The van der Waals surface area contributed by atoms with E-state index < -0.39 is 11.6 Å². The Kier molecular flexibility index (Phi) is 5.23. The normalized spacial score (nSPS) is 15.8. The molecule has 1 aliphatic carbocycles. The standard InChI is InChI=1S/C19H21ClFN3O/c1-11-9-14(20)17(21)18(25)16(11)15-8-7-12(19(22)24-15)10-23-13-5-3-2-4-6-13/h7-10,13,25H,2-6H2,1H3,(H2,22,24). The molecule has 1 fully saturated rings. The zero-order chi connectivity index (χ0) is 18.0. The van der Waals surface area contributed by atoms with E-state index in [9.17, 15) is 9.50 Å². The molecule has 2 aromatic rings. The molecule has 0 radical (unpaired) electrons. The lowest BCUT2D eigenvalue weighted by Crippen LogP contribution is -2.10. The Morgan fingerprint density at radius 3 is 2.72 bits per heavy atom. The van der Waals surface area contributed by atoms with Crippen LogP contribution in [0.2, 0.25) is 5.02 Å². The second-order valence-corrected chi connectivity index (χ2v) is 6.86. The van der Waals surface area contributed by atoms with E-state index in [1.165, 1.54) is 25.3 Å². The van der Waals surface area contributed by atoms with Crippen molar-refractivity contribution < 1.29 is 9.50 Å². The van der Waals surface area contributed by atoms with Gasteiger partial charge < -0.3 is 10.8 Å². The fourth-order valence-electron chi connectivity index (χ4n) is 3.21. The first-order chi connectivity index (χ1) is 12.0. The van der Waals surface area contributed by atoms with Crippen LogP contribution in [0, 0.1) is 12.7 Å². The molecule has 0 unspecified atom stereocenters. The van der Waals surface area contributed by atoms with Gasteiger partial charge in [-0.25, -0.2) is 9.37 Å². The van der Waals surface area contributed by atoms with Crippen LogP contribution in [-0.2, 0) is 0 Å². The molecule has 132 valence electrons. The molecule has 6 heteroatoms. The lowest BCUT2D eigenvalue weighted by molar-refractivity contribution is 0.434. The Morgan fingerprint density at radius 2 is 2.04 bits per heavy atom. The summed E-state index contributed by atoms with van der Waals surface area (Å²) in [5, 5.41) is 9.96. The molecule has 0 atom stereocenters. The number of hydrogen-bond acceptors (Lipinski definition) is 4. The van der Waals surface area contributed by atoms with E-state index in [1.807, 2.05) is 0 Å². The van der Waals surface area contributed by atoms with Gasteiger partial charge in [0, 0.05) is 23.4 Å². The number of nitrogens with zero attached hydrogens (tertiary/aromatic N) is 2. The number of benzene rings is 1. The maximum Gasteiger partial charge on any atom is 0.184 e. The molecule has 0 saturated heterocycles. The van der Waals surface area contributed by atoms with Gasteiger partial charge in [-0.05, 0) is 43.5 Å². The van der Waals surface area contributed by atoms with Crippen LogP contribution in [0.25, 0.3) is 11.3 Å². The molecule has 3 rings (SSSR count). The summed E-state index contributed by atoms with van der Waals surface area (Å²) in [4.78, 5) is 8.92. The maximum absolute atomic E-state index is 13.9. The molecule has 0 spiro atoms. The van der Waals surface area contributed by atoms with Crippen LogP contribution in [0.15, 0.2) is 23.2 Å². The number of pyridine rings is 1. The molecule has 1 heterocycles. The number of halogens is 2. The molecule has 0 bridgehead atoms. The minimum atomic E-state index is -0.856. The van der Waals surface area contributed by atoms with E-state index in [-0.39, 0.29) is 5.02 Å². The summed E-state index contributed by atoms with van der Waals surface area (Å²) in [7, 11) is 0. The van der Waals surface area contributed by atoms with Gasteiger partial charge in [-0.2, -0.15) is 0 Å². The van der Waals surface area contributed by atoms with Crippen LogP contribution < -0.4 is 5.73 Å². The quantitative estimate of drug-likeness (QED) is 0.764. The van der Waals surface area contributed by atoms with Gasteiger partial charge in [0.2, 0.25) is 0 Å². The van der Waals surface area contributed by atoms with Crippen molar-refractivity contribution in [3.63, 3.8) is 0 Å². The number of nitrogens with two attached hydrogens (primary N) is 1. The molecule has 25 heavy (non-hydrogen) atoms. The zero-order valence-corrected chi connectivity index (χ0v) is 14.9. The highest BCUT2D eigenvalue weighted by molar-refractivity contribution is 6.31. The number of aromatic hydroxyl groups is 1. The maximum atomic E-state index is 13.9. The Balaban J connectivity index is 1.90. The number of nitrogen functional groups attached to an aromatic ring is 1. The first-order valence-electron chi connectivity index (χ1n) is 8.45. The average Bonchev–Trinajstić information content (AvgIpc) is 2.60. The molecule has 0 amide bonds. The fourth-order valence-corrected chi connectivity index (χ4v) is 3.46. The first kappa shape index (κ1) is 17.7. The molecule has 1 aliphatic rings. The molecule has 1 aromatic carbocycles. The number of aromatic nitrogens is 1. The van der Waals surface area contributed by atoms with Crippen LogP contribution in [0.4, 0.5) is 10.2 Å². The Morgan fingerprint density at radius 1 is 1.32 bits per heavy atom. The van der Waals surface area contributed by atoms with Gasteiger partial charge in [-0.3, -0.25) is 4.99 Å². The number of phenols is 1. The molecule has 4 nitrogen and oxygen atoms in total. The number of hydrogen-bond donors (Lipinski definition) is 2. The van der Waals surface area contributed by atoms with Gasteiger partial charge in [0.05, 0.1) is 10.7 Å². The second-order valence-electron chi connectivity index (χ2n) is 6.45. The third kappa shape index (κ3) is 3.76. The third-order valence-electron chi connectivity index (χ3n) is 4.60. The average molecular weight is 362 g/mol. The molecule has 1 saturated carbocycles. The highest BCUT2D eigenvalue weighted by Gasteiger charge is 2.18. The van der Waals surface area contributed by atoms with Gasteiger partial charge in [0.25, 0.3) is 0 Å². The lowest BCUT2D eigenvalue weighted by Gasteiger charge is -2.17. The molecule has 0 aliphatic heterocycles. The number of phenolic OH excluding ortho intramolecular Hbond substituents is 1. The van der Waals surface area contributed by atoms with Crippen LogP contribution in [0.1, 0.15) is 43.2 Å². The van der Waals surface area contributed by atoms with Gasteiger partial charge >= 0.3 is 0 Å². The molecular weight excluding hydrogens is 341 g/mol. The lowest BCUT2D eigenvalue weighted by atomic mass is 9.96. The fraction of sp³-hybridized carbons (Fsp3) is 0.368. The van der Waals surface area contributed by atoms with Gasteiger partial charge in [0.15, 0.2) is 11.6 Å². The predicted octanol–water partition coefficient (Wildman–Crippen LogP) is 4.89. The summed E-state index contributed by atoms with van der Waals surface area (Å²) in [6, 6.07) is 5.30. The Labute approximate surface area is 151 Å². The minimum Gasteiger partial charge on any atom is -0.504 e. The first-order valence-corrected chi connectivity index (χ1v) is 8.83. The van der Waals surface area contributed by atoms with E-state index in [0.717, 1.165) is 18.4 Å². The van der Waals surface area contributed by atoms with Crippen molar-refractivity contribution in [1.29, 1.82) is 0 Å². The minimum absolute atomic E-state index is 0.122. The van der Waals surface area contributed by atoms with E-state index in [2.05, 4.69) is 9.98 Å². The summed E-state index contributed by atoms with van der Waals surface area (Å²) in [6.45, 7) is 1.73. The topological polar surface area (TPSA) is 71.5 Å². The van der Waals surface area contributed by atoms with Gasteiger partial charge in [-0.1, -0.05) is 30.9 Å². The highest BCUT2D eigenvalue weighted by atomic mass is 35.5. The molecular formula is C19H21ClFN3O. The summed E-state index contributed by atoms with van der Waals surface area (Å²) >= 11 is 5.75. The monoisotopic (exact) mass is 361 g/mol. The number of aryl methyl sites for hydroxylation is 1. The van der Waals surface area contributed by atoms with Crippen molar-refractivity contribution in [3.8, 4) is 17.0 Å². The van der Waals surface area contributed by atoms with Crippen molar-refractivity contribution in [2.75, 3.05) is 5.73 Å². The van der Waals surface area contributed by atoms with Gasteiger partial charge in [-0.15, -0.1) is 0 Å². The van der Waals surface area contributed by atoms with Crippen molar-refractivity contribution in [2.45, 2.75) is 45.1 Å². The van der Waals surface area contributed by atoms with Crippen LogP contribution in [0.5, 0.6) is 5.75 Å². The second kappa shape index (κ2) is 7.40. The van der Waals surface area contributed by atoms with Crippen LogP contribution in [0.3, 0.4) is 0 Å². The van der Waals surface area contributed by atoms with E-state index in [1.54, 1.807) is 25.3 Å². The van der Waals surface area contributed by atoms with Crippen molar-refractivity contribution in [2.24, 2.45) is 4.99 Å². The number of anilines is 1. The zero-order valence-electron chi connectivity index (χ0n) is 14.1. The smallest absolute Gasteiger partial charge is 0.184 e. The molecule has 1 aromatic heterocycles. The summed E-state index contributed by atoms with van der Waals surface area (Å²) in [5.74, 6) is -1.07. The third-order valence-corrected chi connectivity index (χ3v) is 4.88. The van der Waals surface area contributed by atoms with E-state index in [4.69, 9.17) is 17.3 Å². The van der Waals surface area contributed by atoms with Crippen molar-refractivity contribution in [3.05, 3.63) is 40.2 Å². The van der Waals surface area contributed by atoms with Crippen molar-refractivity contribution in [1.82, 2.24) is 4.98 Å². The van der Waals surface area contributed by atoms with Crippen molar-refractivity contribution >= 4 is 23.6 Å². The Hall–Kier alpha value is -2.14. The SMILES string of the molecule is Cc1cc(Cl)c(F)c(O)c1-c1ccc(C=NC2CCCCC2)c(N)n1. The number of rotatable bonds is 3. The van der Waals surface area contributed by atoms with Crippen LogP contribution >= 0.6 is 11.6 Å². The van der Waals surface area contributed by atoms with E-state index >= 15 is 0 Å². The predicted molar refractivity (Wildman–Crippen MR) is 99.9 cm³/mol. The van der Waals surface area contributed by atoms with E-state index in [0.29, 0.717) is 28.7 Å². The highest BCUT2D eigenvalue weighted by Crippen LogP contribution is 2.37. The molecule has 3 N–H and O–H groups in total. The summed E-state index contributed by atoms with van der Waals surface area (Å²) < 4.78 is 13.9. The largest absolute Gasteiger partial charge is 0.504 e. The van der Waals surface area contributed by atoms with Crippen LogP contribution in [-0.4, -0.2) is 22.3 Å². The summed E-state index contributed by atoms with van der Waals surface area (Å²) in [5.41, 5.74) is 8.08. The Bertz CT molecular complexity index is 817. The van der Waals surface area contributed by atoms with Gasteiger partial charge in [0.1, 0.15) is 5.82 Å². The number of aliphatic imine (C=N–C) groups is 1.